The molecule has 0 saturated heterocycles. The zero-order valence-electron chi connectivity index (χ0n) is 11.5. The lowest BCUT2D eigenvalue weighted by molar-refractivity contribution is -0.119. The van der Waals surface area contributed by atoms with Gasteiger partial charge in [0.05, 0.1) is 12.0 Å². The van der Waals surface area contributed by atoms with Crippen molar-refractivity contribution in [2.75, 3.05) is 7.05 Å². The number of rotatable bonds is 5. The summed E-state index contributed by atoms with van der Waals surface area (Å²) < 4.78 is 5.27. The Labute approximate surface area is 127 Å². The topological polar surface area (TPSA) is 71.3 Å². The summed E-state index contributed by atoms with van der Waals surface area (Å²) in [7, 11) is 1.47. The fraction of sp³-hybridized carbons (Fsp3) is 0.200. The number of thioether (sulfide) groups is 1. The molecule has 0 aliphatic carbocycles. The molecule has 2 rings (SSSR count). The molecule has 0 radical (unpaired) electrons. The van der Waals surface area contributed by atoms with E-state index in [4.69, 9.17) is 4.42 Å². The molecule has 1 aromatic carbocycles. The number of furan rings is 1. The minimum atomic E-state index is -0.514. The lowest BCUT2D eigenvalue weighted by Gasteiger charge is -2.15. The number of urea groups is 1. The summed E-state index contributed by atoms with van der Waals surface area (Å²) in [6.45, 7) is 0. The van der Waals surface area contributed by atoms with Crippen LogP contribution in [-0.4, -0.2) is 19.0 Å². The molecule has 0 spiro atoms. The first kappa shape index (κ1) is 15.2. The fourth-order valence-electron chi connectivity index (χ4n) is 1.75. The van der Waals surface area contributed by atoms with Crippen molar-refractivity contribution in [1.29, 1.82) is 0 Å². The maximum atomic E-state index is 12.2. The van der Waals surface area contributed by atoms with Crippen LogP contribution in [0.1, 0.15) is 16.6 Å². The van der Waals surface area contributed by atoms with Crippen molar-refractivity contribution in [1.82, 2.24) is 10.6 Å². The van der Waals surface area contributed by atoms with Crippen LogP contribution in [-0.2, 0) is 10.5 Å². The van der Waals surface area contributed by atoms with Crippen LogP contribution in [0, 0.1) is 0 Å². The largest absolute Gasteiger partial charge is 0.468 e. The first-order valence-electron chi connectivity index (χ1n) is 6.42. The van der Waals surface area contributed by atoms with Gasteiger partial charge < -0.3 is 9.73 Å². The molecule has 1 heterocycles. The lowest BCUT2D eigenvalue weighted by Crippen LogP contribution is -2.39. The van der Waals surface area contributed by atoms with Gasteiger partial charge in [0.25, 0.3) is 0 Å². The Morgan fingerprint density at radius 1 is 1.19 bits per heavy atom. The van der Waals surface area contributed by atoms with Gasteiger partial charge in [-0.2, -0.15) is 0 Å². The Hall–Kier alpha value is -2.21. The Morgan fingerprint density at radius 2 is 1.95 bits per heavy atom. The van der Waals surface area contributed by atoms with Gasteiger partial charge in [0.2, 0.25) is 5.91 Å². The van der Waals surface area contributed by atoms with Gasteiger partial charge in [0.15, 0.2) is 0 Å². The van der Waals surface area contributed by atoms with Crippen LogP contribution < -0.4 is 10.6 Å². The summed E-state index contributed by atoms with van der Waals surface area (Å²) in [5.74, 6) is 0.985. The molecule has 110 valence electrons. The van der Waals surface area contributed by atoms with Crippen LogP contribution in [0.2, 0.25) is 0 Å². The zero-order valence-corrected chi connectivity index (χ0v) is 12.4. The van der Waals surface area contributed by atoms with Crippen molar-refractivity contribution < 1.29 is 14.0 Å². The average Bonchev–Trinajstić information content (AvgIpc) is 3.01. The van der Waals surface area contributed by atoms with Gasteiger partial charge in [0, 0.05) is 7.05 Å². The van der Waals surface area contributed by atoms with Crippen molar-refractivity contribution in [2.24, 2.45) is 0 Å². The molecule has 5 nitrogen and oxygen atoms in total. The van der Waals surface area contributed by atoms with Crippen molar-refractivity contribution in [3.8, 4) is 0 Å². The molecule has 0 saturated carbocycles. The summed E-state index contributed by atoms with van der Waals surface area (Å²) in [6, 6.07) is 12.5. The average molecular weight is 304 g/mol. The normalized spacial score (nSPS) is 11.7. The molecule has 1 aromatic heterocycles. The quantitative estimate of drug-likeness (QED) is 0.891. The molecular weight excluding hydrogens is 288 g/mol. The van der Waals surface area contributed by atoms with Crippen LogP contribution in [0.3, 0.4) is 0 Å². The maximum Gasteiger partial charge on any atom is 0.321 e. The van der Waals surface area contributed by atoms with E-state index in [-0.39, 0.29) is 5.91 Å². The predicted molar refractivity (Wildman–Crippen MR) is 81.8 cm³/mol. The highest BCUT2D eigenvalue weighted by atomic mass is 32.2. The minimum absolute atomic E-state index is 0.350. The SMILES string of the molecule is CNC(=O)NC(=O)[C@@H](SCc1ccco1)c1ccccc1. The minimum Gasteiger partial charge on any atom is -0.468 e. The Bertz CT molecular complexity index is 584. The summed E-state index contributed by atoms with van der Waals surface area (Å²) in [5.41, 5.74) is 0.843. The van der Waals surface area contributed by atoms with Gasteiger partial charge in [-0.15, -0.1) is 11.8 Å². The second kappa shape index (κ2) is 7.54. The highest BCUT2D eigenvalue weighted by Gasteiger charge is 2.23. The second-order valence-corrected chi connectivity index (χ2v) is 5.34. The standard InChI is InChI=1S/C15H16N2O3S/c1-16-15(19)17-14(18)13(11-6-3-2-4-7-11)21-10-12-8-5-9-20-12/h2-9,13H,10H2,1H3,(H2,16,17,18,19)/t13-/m0/s1. The van der Waals surface area contributed by atoms with Gasteiger partial charge in [-0.05, 0) is 17.7 Å². The van der Waals surface area contributed by atoms with E-state index >= 15 is 0 Å². The van der Waals surface area contributed by atoms with E-state index in [2.05, 4.69) is 10.6 Å². The van der Waals surface area contributed by atoms with Gasteiger partial charge >= 0.3 is 6.03 Å². The number of carbonyl (C=O) groups is 2. The van der Waals surface area contributed by atoms with E-state index in [9.17, 15) is 9.59 Å². The van der Waals surface area contributed by atoms with Gasteiger partial charge in [-0.25, -0.2) is 4.79 Å². The van der Waals surface area contributed by atoms with E-state index in [0.717, 1.165) is 11.3 Å². The molecule has 0 fully saturated rings. The first-order chi connectivity index (χ1) is 10.2. The second-order valence-electron chi connectivity index (χ2n) is 4.25. The molecule has 0 bridgehead atoms. The third-order valence-corrected chi connectivity index (χ3v) is 4.05. The highest BCUT2D eigenvalue weighted by Crippen LogP contribution is 2.31. The maximum absolute atomic E-state index is 12.2. The molecule has 0 aliphatic heterocycles. The van der Waals surface area contributed by atoms with E-state index < -0.39 is 11.3 Å². The molecular formula is C15H16N2O3S. The Kier molecular flexibility index (Phi) is 5.45. The number of amides is 3. The van der Waals surface area contributed by atoms with E-state index in [0.29, 0.717) is 5.75 Å². The van der Waals surface area contributed by atoms with Crippen LogP contribution in [0.5, 0.6) is 0 Å². The molecule has 2 N–H and O–H groups in total. The van der Waals surface area contributed by atoms with E-state index in [1.165, 1.54) is 18.8 Å². The zero-order chi connectivity index (χ0) is 15.1. The Balaban J connectivity index is 2.10. The molecule has 21 heavy (non-hydrogen) atoms. The molecule has 0 unspecified atom stereocenters. The van der Waals surface area contributed by atoms with E-state index in [1.54, 1.807) is 12.3 Å². The molecule has 3 amide bonds. The number of nitrogens with one attached hydrogen (secondary N) is 2. The van der Waals surface area contributed by atoms with Crippen LogP contribution in [0.25, 0.3) is 0 Å². The van der Waals surface area contributed by atoms with Gasteiger partial charge in [-0.1, -0.05) is 30.3 Å². The Morgan fingerprint density at radius 3 is 2.57 bits per heavy atom. The molecule has 0 aliphatic rings. The van der Waals surface area contributed by atoms with E-state index in [1.807, 2.05) is 36.4 Å². The summed E-state index contributed by atoms with van der Waals surface area (Å²) in [4.78, 5) is 23.6. The van der Waals surface area contributed by atoms with Crippen molar-refractivity contribution >= 4 is 23.7 Å². The molecule has 1 atom stereocenters. The third-order valence-electron chi connectivity index (χ3n) is 2.78. The molecule has 2 aromatic rings. The predicted octanol–water partition coefficient (Wildman–Crippen LogP) is 2.71. The van der Waals surface area contributed by atoms with Gasteiger partial charge in [0.1, 0.15) is 11.0 Å². The third kappa shape index (κ3) is 4.39. The number of hydrogen-bond acceptors (Lipinski definition) is 4. The number of imide groups is 1. The number of hydrogen-bond donors (Lipinski definition) is 2. The van der Waals surface area contributed by atoms with Crippen LogP contribution in [0.15, 0.2) is 53.1 Å². The fourth-order valence-corrected chi connectivity index (χ4v) is 2.81. The lowest BCUT2D eigenvalue weighted by atomic mass is 10.1. The van der Waals surface area contributed by atoms with Crippen LogP contribution in [0.4, 0.5) is 4.79 Å². The van der Waals surface area contributed by atoms with Crippen molar-refractivity contribution in [2.45, 2.75) is 11.0 Å². The number of carbonyl (C=O) groups excluding carboxylic acids is 2. The highest BCUT2D eigenvalue weighted by molar-refractivity contribution is 7.99. The van der Waals surface area contributed by atoms with Gasteiger partial charge in [-0.3, -0.25) is 10.1 Å². The number of benzene rings is 1. The van der Waals surface area contributed by atoms with Crippen molar-refractivity contribution in [3.05, 3.63) is 60.1 Å². The van der Waals surface area contributed by atoms with Crippen molar-refractivity contribution in [3.63, 3.8) is 0 Å². The summed E-state index contributed by atoms with van der Waals surface area (Å²) in [5, 5.41) is 4.21. The van der Waals surface area contributed by atoms with Crippen LogP contribution >= 0.6 is 11.8 Å². The first-order valence-corrected chi connectivity index (χ1v) is 7.47. The molecule has 6 heteroatoms. The summed E-state index contributed by atoms with van der Waals surface area (Å²) >= 11 is 1.41. The summed E-state index contributed by atoms with van der Waals surface area (Å²) in [6.07, 6.45) is 1.60. The smallest absolute Gasteiger partial charge is 0.321 e. The monoisotopic (exact) mass is 304 g/mol.